The molecule has 9 heteroatoms. The molecule has 2 saturated carbocycles. The SMILES string of the molecule is CC(C)(P)c1cncc(COC2CN(C(=O)N3CC4(CC(c5n[nH]c(C6CC6)n5)C4)C3)C2)c1. The number of nitrogens with zero attached hydrogens (tertiary/aromatic N) is 5. The second-order valence-electron chi connectivity index (χ2n) is 11.2. The molecule has 0 radical (unpaired) electrons. The topological polar surface area (TPSA) is 87.2 Å². The number of carbonyl (C=O) groups excluding carboxylic acids is 1. The molecular formula is C24H33N6O2P. The number of nitrogens with one attached hydrogen (secondary N) is 1. The van der Waals surface area contributed by atoms with E-state index in [0.29, 0.717) is 36.9 Å². The van der Waals surface area contributed by atoms with E-state index in [1.807, 2.05) is 22.2 Å². The molecule has 2 aliphatic heterocycles. The zero-order valence-corrected chi connectivity index (χ0v) is 20.6. The number of urea groups is 1. The predicted molar refractivity (Wildman–Crippen MR) is 127 cm³/mol. The summed E-state index contributed by atoms with van der Waals surface area (Å²) in [6.45, 7) is 7.92. The Hall–Kier alpha value is -2.05. The van der Waals surface area contributed by atoms with Crippen molar-refractivity contribution >= 4 is 15.3 Å². The van der Waals surface area contributed by atoms with Gasteiger partial charge in [-0.05, 0) is 42.9 Å². The van der Waals surface area contributed by atoms with Crippen LogP contribution in [0.1, 0.15) is 74.1 Å². The first-order chi connectivity index (χ1) is 15.8. The molecule has 6 rings (SSSR count). The van der Waals surface area contributed by atoms with Crippen LogP contribution in [-0.4, -0.2) is 68.3 Å². The highest BCUT2D eigenvalue weighted by atomic mass is 31.0. The minimum Gasteiger partial charge on any atom is -0.370 e. The number of aromatic nitrogens is 4. The number of hydrogen-bond acceptors (Lipinski definition) is 5. The normalized spacial score (nSPS) is 22.8. The molecule has 8 nitrogen and oxygen atoms in total. The lowest BCUT2D eigenvalue weighted by Gasteiger charge is -2.59. The molecule has 2 aromatic heterocycles. The fourth-order valence-corrected chi connectivity index (χ4v) is 5.53. The largest absolute Gasteiger partial charge is 0.370 e. The smallest absolute Gasteiger partial charge is 0.320 e. The third kappa shape index (κ3) is 4.17. The Balaban J connectivity index is 0.921. The number of likely N-dealkylation sites (tertiary alicyclic amines) is 2. The van der Waals surface area contributed by atoms with E-state index in [0.717, 1.165) is 43.1 Å². The van der Waals surface area contributed by atoms with E-state index in [-0.39, 0.29) is 17.3 Å². The maximum Gasteiger partial charge on any atom is 0.320 e. The van der Waals surface area contributed by atoms with Crippen LogP contribution in [0.4, 0.5) is 4.79 Å². The summed E-state index contributed by atoms with van der Waals surface area (Å²) in [5, 5.41) is 7.56. The summed E-state index contributed by atoms with van der Waals surface area (Å²) < 4.78 is 6.03. The standard InChI is InChI=1S/C24H33N6O2P/c1-23(2,33)18-5-15(8-25-9-18)12-32-19-10-29(11-19)22(31)30-13-24(14-30)6-17(7-24)21-26-20(27-28-21)16-3-4-16/h5,8-9,16-17,19H,3-4,6-7,10-14,33H2,1-2H3,(H,26,27,28). The number of hydrogen-bond donors (Lipinski definition) is 1. The van der Waals surface area contributed by atoms with Gasteiger partial charge < -0.3 is 14.5 Å². The third-order valence-electron chi connectivity index (χ3n) is 7.67. The Bertz CT molecular complexity index is 1040. The van der Waals surface area contributed by atoms with Crippen LogP contribution < -0.4 is 0 Å². The molecular weight excluding hydrogens is 435 g/mol. The van der Waals surface area contributed by atoms with Crippen LogP contribution >= 0.6 is 9.24 Å². The fourth-order valence-electron chi connectivity index (χ4n) is 5.37. The van der Waals surface area contributed by atoms with Gasteiger partial charge in [0.05, 0.1) is 25.8 Å². The van der Waals surface area contributed by atoms with Crippen molar-refractivity contribution in [3.63, 3.8) is 0 Å². The number of amides is 2. The van der Waals surface area contributed by atoms with Gasteiger partial charge in [0.25, 0.3) is 0 Å². The molecule has 2 aliphatic carbocycles. The third-order valence-corrected chi connectivity index (χ3v) is 8.01. The molecule has 1 atom stereocenters. The molecule has 2 saturated heterocycles. The van der Waals surface area contributed by atoms with E-state index in [1.165, 1.54) is 18.4 Å². The zero-order valence-electron chi connectivity index (χ0n) is 19.5. The maximum atomic E-state index is 12.8. The Kier molecular flexibility index (Phi) is 5.04. The Morgan fingerprint density at radius 3 is 2.67 bits per heavy atom. The second-order valence-corrected chi connectivity index (χ2v) is 12.7. The summed E-state index contributed by atoms with van der Waals surface area (Å²) in [5.74, 6) is 3.13. The molecule has 176 valence electrons. The molecule has 2 aromatic rings. The summed E-state index contributed by atoms with van der Waals surface area (Å²) in [5.41, 5.74) is 2.55. The van der Waals surface area contributed by atoms with Crippen molar-refractivity contribution in [1.82, 2.24) is 30.0 Å². The highest BCUT2D eigenvalue weighted by molar-refractivity contribution is 7.18. The van der Waals surface area contributed by atoms with Crippen molar-refractivity contribution in [3.8, 4) is 0 Å². The van der Waals surface area contributed by atoms with Crippen LogP contribution in [0.25, 0.3) is 0 Å². The van der Waals surface area contributed by atoms with Gasteiger partial charge in [0, 0.05) is 47.9 Å². The Morgan fingerprint density at radius 2 is 1.97 bits per heavy atom. The molecule has 2 amide bonds. The van der Waals surface area contributed by atoms with Crippen molar-refractivity contribution in [2.75, 3.05) is 26.2 Å². The molecule has 1 N–H and O–H groups in total. The van der Waals surface area contributed by atoms with Crippen molar-refractivity contribution in [1.29, 1.82) is 0 Å². The minimum atomic E-state index is -0.00800. The summed E-state index contributed by atoms with van der Waals surface area (Å²) in [4.78, 5) is 25.8. The van der Waals surface area contributed by atoms with Gasteiger partial charge in [-0.1, -0.05) is 13.8 Å². The van der Waals surface area contributed by atoms with Crippen LogP contribution in [0.5, 0.6) is 0 Å². The molecule has 4 heterocycles. The molecule has 0 bridgehead atoms. The van der Waals surface area contributed by atoms with E-state index < -0.39 is 0 Å². The average molecular weight is 469 g/mol. The maximum absolute atomic E-state index is 12.8. The fraction of sp³-hybridized carbons (Fsp3) is 0.667. The van der Waals surface area contributed by atoms with E-state index >= 15 is 0 Å². The molecule has 1 spiro atoms. The molecule has 4 aliphatic rings. The highest BCUT2D eigenvalue weighted by Crippen LogP contribution is 2.55. The van der Waals surface area contributed by atoms with Gasteiger partial charge in [-0.3, -0.25) is 10.1 Å². The van der Waals surface area contributed by atoms with E-state index in [2.05, 4.69) is 44.3 Å². The van der Waals surface area contributed by atoms with Gasteiger partial charge >= 0.3 is 6.03 Å². The van der Waals surface area contributed by atoms with Crippen LogP contribution in [0.2, 0.25) is 0 Å². The first-order valence-corrected chi connectivity index (χ1v) is 12.7. The Labute approximate surface area is 197 Å². The van der Waals surface area contributed by atoms with Gasteiger partial charge in [-0.15, -0.1) is 9.24 Å². The lowest BCUT2D eigenvalue weighted by molar-refractivity contribution is -0.0827. The van der Waals surface area contributed by atoms with Crippen LogP contribution in [0.3, 0.4) is 0 Å². The number of carbonyl (C=O) groups is 1. The highest BCUT2D eigenvalue weighted by Gasteiger charge is 2.56. The first-order valence-electron chi connectivity index (χ1n) is 12.1. The lowest BCUT2D eigenvalue weighted by Crippen LogP contribution is -2.68. The van der Waals surface area contributed by atoms with Crippen molar-refractivity contribution < 1.29 is 9.53 Å². The van der Waals surface area contributed by atoms with E-state index in [4.69, 9.17) is 9.72 Å². The molecule has 1 unspecified atom stereocenters. The molecule has 0 aromatic carbocycles. The van der Waals surface area contributed by atoms with Gasteiger partial charge in [0.2, 0.25) is 0 Å². The first kappa shape index (κ1) is 21.5. The summed E-state index contributed by atoms with van der Waals surface area (Å²) in [7, 11) is 2.85. The summed E-state index contributed by atoms with van der Waals surface area (Å²) >= 11 is 0. The van der Waals surface area contributed by atoms with Gasteiger partial charge in [-0.2, -0.15) is 5.10 Å². The van der Waals surface area contributed by atoms with Crippen LogP contribution in [0.15, 0.2) is 18.5 Å². The van der Waals surface area contributed by atoms with Crippen molar-refractivity contribution in [2.45, 2.75) is 69.2 Å². The molecule has 33 heavy (non-hydrogen) atoms. The van der Waals surface area contributed by atoms with Crippen molar-refractivity contribution in [3.05, 3.63) is 41.2 Å². The van der Waals surface area contributed by atoms with E-state index in [1.54, 1.807) is 0 Å². The van der Waals surface area contributed by atoms with Crippen LogP contribution in [-0.2, 0) is 16.5 Å². The van der Waals surface area contributed by atoms with Crippen molar-refractivity contribution in [2.24, 2.45) is 5.41 Å². The monoisotopic (exact) mass is 468 g/mol. The van der Waals surface area contributed by atoms with Crippen LogP contribution in [0, 0.1) is 5.41 Å². The predicted octanol–water partition coefficient (Wildman–Crippen LogP) is 3.39. The zero-order chi connectivity index (χ0) is 22.8. The van der Waals surface area contributed by atoms with Gasteiger partial charge in [0.1, 0.15) is 5.82 Å². The lowest BCUT2D eigenvalue weighted by atomic mass is 9.57. The number of rotatable bonds is 6. The number of ether oxygens (including phenoxy) is 1. The quantitative estimate of drug-likeness (QED) is 0.657. The van der Waals surface area contributed by atoms with Gasteiger partial charge in [0.15, 0.2) is 5.82 Å². The number of aromatic amines is 1. The molecule has 4 fully saturated rings. The van der Waals surface area contributed by atoms with Gasteiger partial charge in [-0.25, -0.2) is 9.78 Å². The summed E-state index contributed by atoms with van der Waals surface area (Å²) in [6, 6.07) is 2.31. The van der Waals surface area contributed by atoms with E-state index in [9.17, 15) is 4.79 Å². The minimum absolute atomic E-state index is 0.00800. The summed E-state index contributed by atoms with van der Waals surface area (Å²) in [6.07, 6.45) is 8.55. The number of H-pyrrole nitrogens is 1. The average Bonchev–Trinajstić information content (AvgIpc) is 3.42. The Morgan fingerprint density at radius 1 is 1.21 bits per heavy atom. The second kappa shape index (κ2) is 7.74. The number of pyridine rings is 1.